The Morgan fingerprint density at radius 1 is 1.24 bits per heavy atom. The molecule has 2 N–H and O–H groups in total. The van der Waals surface area contributed by atoms with Crippen molar-refractivity contribution in [3.05, 3.63) is 0 Å². The van der Waals surface area contributed by atoms with Crippen LogP contribution in [0.2, 0.25) is 0 Å². The van der Waals surface area contributed by atoms with Crippen LogP contribution in [0.3, 0.4) is 0 Å². The van der Waals surface area contributed by atoms with Gasteiger partial charge >= 0.3 is 0 Å². The van der Waals surface area contributed by atoms with Gasteiger partial charge in [-0.2, -0.15) is 0 Å². The van der Waals surface area contributed by atoms with Crippen LogP contribution >= 0.6 is 0 Å². The maximum Gasteiger partial charge on any atom is 0.0131 e. The van der Waals surface area contributed by atoms with Gasteiger partial charge in [0, 0.05) is 24.7 Å². The van der Waals surface area contributed by atoms with Gasteiger partial charge in [0.2, 0.25) is 0 Å². The standard InChI is InChI=1S/C15H30N2/c1-5-13-7-6-11(2)17(13)10-12-8-9-15(3,4)14(12)16/h11-14H,5-10,16H2,1-4H3. The summed E-state index contributed by atoms with van der Waals surface area (Å²) in [6, 6.07) is 1.99. The third-order valence-electron chi connectivity index (χ3n) is 5.44. The van der Waals surface area contributed by atoms with E-state index in [1.807, 2.05) is 0 Å². The highest BCUT2D eigenvalue weighted by molar-refractivity contribution is 4.97. The Morgan fingerprint density at radius 2 is 1.94 bits per heavy atom. The molecule has 0 aromatic carbocycles. The smallest absolute Gasteiger partial charge is 0.0131 e. The van der Waals surface area contributed by atoms with Gasteiger partial charge in [0.25, 0.3) is 0 Å². The van der Waals surface area contributed by atoms with Crippen molar-refractivity contribution in [2.45, 2.75) is 77.9 Å². The van der Waals surface area contributed by atoms with E-state index in [1.165, 1.54) is 38.6 Å². The Morgan fingerprint density at radius 3 is 2.47 bits per heavy atom. The predicted octanol–water partition coefficient (Wildman–Crippen LogP) is 3.01. The lowest BCUT2D eigenvalue weighted by Gasteiger charge is -2.34. The molecule has 0 radical (unpaired) electrons. The molecule has 0 aromatic rings. The molecular weight excluding hydrogens is 208 g/mol. The van der Waals surface area contributed by atoms with Crippen LogP contribution in [0.4, 0.5) is 0 Å². The summed E-state index contributed by atoms with van der Waals surface area (Å²) in [6.45, 7) is 10.6. The molecule has 0 amide bonds. The third-order valence-corrected chi connectivity index (χ3v) is 5.44. The van der Waals surface area contributed by atoms with Crippen molar-refractivity contribution in [2.75, 3.05) is 6.54 Å². The SMILES string of the molecule is CCC1CCC(C)N1CC1CCC(C)(C)C1N. The number of hydrogen-bond donors (Lipinski definition) is 1. The average molecular weight is 238 g/mol. The fraction of sp³-hybridized carbons (Fsp3) is 1.00. The summed E-state index contributed by atoms with van der Waals surface area (Å²) in [5.74, 6) is 0.722. The molecular formula is C15H30N2. The van der Waals surface area contributed by atoms with Crippen LogP contribution in [0.1, 0.15) is 59.8 Å². The number of hydrogen-bond acceptors (Lipinski definition) is 2. The molecule has 4 atom stereocenters. The first kappa shape index (κ1) is 13.4. The van der Waals surface area contributed by atoms with Crippen LogP contribution in [-0.4, -0.2) is 29.6 Å². The van der Waals surface area contributed by atoms with Crippen LogP contribution in [0.25, 0.3) is 0 Å². The van der Waals surface area contributed by atoms with Crippen LogP contribution in [0.15, 0.2) is 0 Å². The molecule has 17 heavy (non-hydrogen) atoms. The minimum absolute atomic E-state index is 0.356. The van der Waals surface area contributed by atoms with Gasteiger partial charge in [0.1, 0.15) is 0 Å². The Balaban J connectivity index is 1.97. The Labute approximate surface area is 107 Å². The molecule has 2 fully saturated rings. The molecule has 4 unspecified atom stereocenters. The van der Waals surface area contributed by atoms with Gasteiger partial charge in [0.05, 0.1) is 0 Å². The van der Waals surface area contributed by atoms with Gasteiger partial charge in [-0.1, -0.05) is 20.8 Å². The van der Waals surface area contributed by atoms with Gasteiger partial charge < -0.3 is 5.73 Å². The molecule has 1 aliphatic heterocycles. The van der Waals surface area contributed by atoms with Crippen molar-refractivity contribution in [1.82, 2.24) is 4.90 Å². The molecule has 0 bridgehead atoms. The van der Waals surface area contributed by atoms with Crippen LogP contribution in [0, 0.1) is 11.3 Å². The van der Waals surface area contributed by atoms with Gasteiger partial charge in [-0.25, -0.2) is 0 Å². The van der Waals surface area contributed by atoms with Crippen molar-refractivity contribution in [3.63, 3.8) is 0 Å². The van der Waals surface area contributed by atoms with E-state index in [2.05, 4.69) is 32.6 Å². The van der Waals surface area contributed by atoms with E-state index < -0.39 is 0 Å². The van der Waals surface area contributed by atoms with Crippen LogP contribution in [-0.2, 0) is 0 Å². The monoisotopic (exact) mass is 238 g/mol. The number of nitrogens with zero attached hydrogens (tertiary/aromatic N) is 1. The fourth-order valence-electron chi connectivity index (χ4n) is 3.91. The molecule has 1 heterocycles. The van der Waals surface area contributed by atoms with E-state index in [0.29, 0.717) is 11.5 Å². The maximum atomic E-state index is 6.44. The quantitative estimate of drug-likeness (QED) is 0.819. The highest BCUT2D eigenvalue weighted by atomic mass is 15.2. The first-order valence-electron chi connectivity index (χ1n) is 7.47. The molecule has 2 aliphatic rings. The first-order chi connectivity index (χ1) is 7.95. The van der Waals surface area contributed by atoms with E-state index in [4.69, 9.17) is 5.73 Å². The summed E-state index contributed by atoms with van der Waals surface area (Å²) < 4.78 is 0. The first-order valence-corrected chi connectivity index (χ1v) is 7.47. The van der Waals surface area contributed by atoms with Gasteiger partial charge in [-0.15, -0.1) is 0 Å². The van der Waals surface area contributed by atoms with E-state index in [-0.39, 0.29) is 0 Å². The van der Waals surface area contributed by atoms with E-state index in [9.17, 15) is 0 Å². The molecule has 2 heteroatoms. The van der Waals surface area contributed by atoms with E-state index in [1.54, 1.807) is 0 Å². The van der Waals surface area contributed by atoms with Gasteiger partial charge in [0.15, 0.2) is 0 Å². The van der Waals surface area contributed by atoms with Crippen molar-refractivity contribution in [1.29, 1.82) is 0 Å². The lowest BCUT2D eigenvalue weighted by molar-refractivity contribution is 0.153. The summed E-state index contributed by atoms with van der Waals surface area (Å²) in [5.41, 5.74) is 6.80. The van der Waals surface area contributed by atoms with Crippen LogP contribution in [0.5, 0.6) is 0 Å². The zero-order valence-electron chi connectivity index (χ0n) is 12.1. The van der Waals surface area contributed by atoms with Crippen molar-refractivity contribution < 1.29 is 0 Å². The normalized spacial score (nSPS) is 42.2. The summed E-state index contributed by atoms with van der Waals surface area (Å²) in [5, 5.41) is 0. The zero-order chi connectivity index (χ0) is 12.6. The maximum absolute atomic E-state index is 6.44. The molecule has 0 spiro atoms. The van der Waals surface area contributed by atoms with Crippen molar-refractivity contribution in [3.8, 4) is 0 Å². The Hall–Kier alpha value is -0.0800. The number of nitrogens with two attached hydrogens (primary N) is 1. The van der Waals surface area contributed by atoms with Gasteiger partial charge in [-0.3, -0.25) is 4.90 Å². The second-order valence-corrected chi connectivity index (χ2v) is 7.00. The number of rotatable bonds is 3. The molecule has 100 valence electrons. The lowest BCUT2D eigenvalue weighted by atomic mass is 9.85. The summed E-state index contributed by atoms with van der Waals surface area (Å²) in [4.78, 5) is 2.74. The highest BCUT2D eigenvalue weighted by Gasteiger charge is 2.41. The van der Waals surface area contributed by atoms with Crippen molar-refractivity contribution in [2.24, 2.45) is 17.1 Å². The molecule has 2 rings (SSSR count). The highest BCUT2D eigenvalue weighted by Crippen LogP contribution is 2.41. The van der Waals surface area contributed by atoms with E-state index >= 15 is 0 Å². The molecule has 1 saturated carbocycles. The number of likely N-dealkylation sites (tertiary alicyclic amines) is 1. The Bertz CT molecular complexity index is 262. The van der Waals surface area contributed by atoms with Crippen molar-refractivity contribution >= 4 is 0 Å². The third kappa shape index (κ3) is 2.53. The lowest BCUT2D eigenvalue weighted by Crippen LogP contribution is -2.45. The predicted molar refractivity (Wildman–Crippen MR) is 74.0 cm³/mol. The topological polar surface area (TPSA) is 29.3 Å². The zero-order valence-corrected chi connectivity index (χ0v) is 12.1. The Kier molecular flexibility index (Phi) is 3.84. The molecule has 2 nitrogen and oxygen atoms in total. The molecule has 1 saturated heterocycles. The largest absolute Gasteiger partial charge is 0.327 e. The summed E-state index contributed by atoms with van der Waals surface area (Å²) >= 11 is 0. The average Bonchev–Trinajstić information content (AvgIpc) is 2.75. The summed E-state index contributed by atoms with van der Waals surface area (Å²) in [6.07, 6.45) is 6.70. The minimum Gasteiger partial charge on any atom is -0.327 e. The second kappa shape index (κ2) is 4.89. The fourth-order valence-corrected chi connectivity index (χ4v) is 3.91. The molecule has 1 aliphatic carbocycles. The minimum atomic E-state index is 0.356. The summed E-state index contributed by atoms with van der Waals surface area (Å²) in [7, 11) is 0. The second-order valence-electron chi connectivity index (χ2n) is 7.00. The van der Waals surface area contributed by atoms with Crippen LogP contribution < -0.4 is 5.73 Å². The molecule has 0 aromatic heterocycles. The van der Waals surface area contributed by atoms with Gasteiger partial charge in [-0.05, 0) is 50.4 Å². The van der Waals surface area contributed by atoms with E-state index in [0.717, 1.165) is 18.0 Å².